The van der Waals surface area contributed by atoms with Crippen molar-refractivity contribution in [2.75, 3.05) is 20.1 Å². The molecule has 0 radical (unpaired) electrons. The van der Waals surface area contributed by atoms with E-state index in [4.69, 9.17) is 14.6 Å². The summed E-state index contributed by atoms with van der Waals surface area (Å²) in [5.74, 6) is -0.839. The molecule has 5 rings (SSSR count). The number of amides is 1. The number of nitrogens with zero attached hydrogens (tertiary/aromatic N) is 1. The van der Waals surface area contributed by atoms with Crippen molar-refractivity contribution in [1.82, 2.24) is 10.2 Å². The maximum Gasteiger partial charge on any atom is 0.303 e. The summed E-state index contributed by atoms with van der Waals surface area (Å²) in [7, 11) is 1.93. The standard InChI is InChI=1S/C40H46N2O8/c1-42(25-36(45)33-8-5-9-34(44)21-33)24-35-22-37(30-14-12-27(26-43)13-15-30)50-40(49-35)31-18-16-29(17-19-31)32-7-4-6-28(20-32)23-41-38(46)10-2-3-11-39(47)48/h4-9,12-21,35-37,40,43-45H,2-3,10-11,22-26H2,1H3,(H,41,46)(H,47,48)/t35-,36-,37+,40+/m1/s1. The van der Waals surface area contributed by atoms with Gasteiger partial charge in [-0.25, -0.2) is 0 Å². The fourth-order valence-electron chi connectivity index (χ4n) is 6.13. The van der Waals surface area contributed by atoms with Crippen molar-refractivity contribution in [2.45, 2.75) is 69.9 Å². The molecule has 0 aliphatic carbocycles. The molecule has 10 nitrogen and oxygen atoms in total. The second-order valence-corrected chi connectivity index (χ2v) is 12.9. The van der Waals surface area contributed by atoms with Gasteiger partial charge in [0, 0.05) is 44.5 Å². The lowest BCUT2D eigenvalue weighted by Crippen LogP contribution is -2.39. The molecule has 5 N–H and O–H groups in total. The molecule has 1 fully saturated rings. The van der Waals surface area contributed by atoms with Crippen LogP contribution in [0.1, 0.15) is 78.4 Å². The van der Waals surface area contributed by atoms with E-state index in [1.54, 1.807) is 24.3 Å². The zero-order chi connectivity index (χ0) is 35.5. The lowest BCUT2D eigenvalue weighted by atomic mass is 9.98. The van der Waals surface area contributed by atoms with Crippen molar-refractivity contribution in [3.8, 4) is 16.9 Å². The molecule has 10 heteroatoms. The van der Waals surface area contributed by atoms with Crippen molar-refractivity contribution in [3.63, 3.8) is 0 Å². The number of aliphatic hydroxyl groups excluding tert-OH is 2. The van der Waals surface area contributed by atoms with Gasteiger partial charge in [-0.05, 0) is 71.5 Å². The second-order valence-electron chi connectivity index (χ2n) is 12.9. The summed E-state index contributed by atoms with van der Waals surface area (Å²) < 4.78 is 13.0. The SMILES string of the molecule is CN(C[C@H]1C[C@@H](c2ccc(CO)cc2)O[C@@H](c2ccc(-c3cccc(CNC(=O)CCCCC(=O)O)c3)cc2)O1)C[C@@H](O)c1cccc(O)c1. The number of unbranched alkanes of at least 4 members (excludes halogenated alkanes) is 1. The van der Waals surface area contributed by atoms with Crippen LogP contribution < -0.4 is 5.32 Å². The molecule has 4 aromatic carbocycles. The van der Waals surface area contributed by atoms with Crippen LogP contribution in [0, 0.1) is 0 Å². The van der Waals surface area contributed by atoms with E-state index in [-0.39, 0.29) is 36.9 Å². The number of aliphatic hydroxyl groups is 2. The lowest BCUT2D eigenvalue weighted by molar-refractivity contribution is -0.252. The summed E-state index contributed by atoms with van der Waals surface area (Å²) >= 11 is 0. The van der Waals surface area contributed by atoms with Crippen LogP contribution in [0.5, 0.6) is 5.75 Å². The smallest absolute Gasteiger partial charge is 0.303 e. The van der Waals surface area contributed by atoms with Gasteiger partial charge in [0.2, 0.25) is 5.91 Å². The molecular weight excluding hydrogens is 636 g/mol. The molecule has 4 aromatic rings. The van der Waals surface area contributed by atoms with Crippen LogP contribution in [0.2, 0.25) is 0 Å². The predicted octanol–water partition coefficient (Wildman–Crippen LogP) is 6.02. The summed E-state index contributed by atoms with van der Waals surface area (Å²) in [5.41, 5.74) is 6.28. The molecule has 4 atom stereocenters. The maximum atomic E-state index is 12.2. The van der Waals surface area contributed by atoms with E-state index >= 15 is 0 Å². The van der Waals surface area contributed by atoms with Gasteiger partial charge in [-0.3, -0.25) is 9.59 Å². The van der Waals surface area contributed by atoms with Gasteiger partial charge in [0.15, 0.2) is 6.29 Å². The number of carbonyl (C=O) groups excluding carboxylic acids is 1. The minimum Gasteiger partial charge on any atom is -0.508 e. The Morgan fingerprint density at radius 1 is 0.860 bits per heavy atom. The lowest BCUT2D eigenvalue weighted by Gasteiger charge is -2.38. The molecule has 1 aliphatic rings. The van der Waals surface area contributed by atoms with E-state index in [2.05, 4.69) is 5.32 Å². The first-order chi connectivity index (χ1) is 24.2. The number of aromatic hydroxyl groups is 1. The first kappa shape index (κ1) is 36.7. The van der Waals surface area contributed by atoms with Gasteiger partial charge in [0.1, 0.15) is 5.75 Å². The second kappa shape index (κ2) is 17.9. The van der Waals surface area contributed by atoms with Crippen LogP contribution in [-0.2, 0) is 32.2 Å². The van der Waals surface area contributed by atoms with Crippen LogP contribution in [-0.4, -0.2) is 63.4 Å². The Bertz CT molecular complexity index is 1690. The van der Waals surface area contributed by atoms with Crippen LogP contribution in [0.15, 0.2) is 97.1 Å². The average molecular weight is 683 g/mol. The fourth-order valence-corrected chi connectivity index (χ4v) is 6.13. The van der Waals surface area contributed by atoms with Gasteiger partial charge in [0.25, 0.3) is 0 Å². The number of aliphatic carboxylic acids is 1. The number of benzene rings is 4. The molecule has 1 heterocycles. The third-order valence-electron chi connectivity index (χ3n) is 8.85. The largest absolute Gasteiger partial charge is 0.508 e. The molecule has 1 amide bonds. The monoisotopic (exact) mass is 682 g/mol. The molecule has 50 heavy (non-hydrogen) atoms. The quantitative estimate of drug-likeness (QED) is 0.0895. The number of likely N-dealkylation sites (N-methyl/N-ethyl adjacent to an activating group) is 1. The minimum atomic E-state index is -0.851. The highest BCUT2D eigenvalue weighted by Gasteiger charge is 2.33. The van der Waals surface area contributed by atoms with Gasteiger partial charge < -0.3 is 40.1 Å². The predicted molar refractivity (Wildman–Crippen MR) is 189 cm³/mol. The highest BCUT2D eigenvalue weighted by molar-refractivity contribution is 5.76. The molecule has 0 unspecified atom stereocenters. The average Bonchev–Trinajstić information content (AvgIpc) is 3.12. The summed E-state index contributed by atoms with van der Waals surface area (Å²) in [5, 5.41) is 41.9. The Morgan fingerprint density at radius 3 is 2.30 bits per heavy atom. The third-order valence-corrected chi connectivity index (χ3v) is 8.85. The number of hydrogen-bond donors (Lipinski definition) is 5. The first-order valence-electron chi connectivity index (χ1n) is 17.0. The Labute approximate surface area is 292 Å². The topological polar surface area (TPSA) is 149 Å². The van der Waals surface area contributed by atoms with Gasteiger partial charge in [-0.2, -0.15) is 0 Å². The molecule has 0 spiro atoms. The van der Waals surface area contributed by atoms with Crippen LogP contribution in [0.4, 0.5) is 0 Å². The number of hydrogen-bond acceptors (Lipinski definition) is 8. The Kier molecular flexibility index (Phi) is 13.1. The van der Waals surface area contributed by atoms with E-state index in [0.29, 0.717) is 50.9 Å². The van der Waals surface area contributed by atoms with Crippen LogP contribution in [0.25, 0.3) is 11.1 Å². The Morgan fingerprint density at radius 2 is 1.58 bits per heavy atom. The molecule has 1 aliphatic heterocycles. The number of rotatable bonds is 16. The van der Waals surface area contributed by atoms with Crippen molar-refractivity contribution in [2.24, 2.45) is 0 Å². The zero-order valence-electron chi connectivity index (χ0n) is 28.3. The summed E-state index contributed by atoms with van der Waals surface area (Å²) in [6.45, 7) is 1.25. The maximum absolute atomic E-state index is 12.2. The molecule has 0 saturated carbocycles. The Balaban J connectivity index is 1.24. The molecule has 264 valence electrons. The van der Waals surface area contributed by atoms with E-state index in [1.165, 1.54) is 0 Å². The van der Waals surface area contributed by atoms with Crippen molar-refractivity contribution in [1.29, 1.82) is 0 Å². The van der Waals surface area contributed by atoms with Gasteiger partial charge in [-0.15, -0.1) is 0 Å². The summed E-state index contributed by atoms with van der Waals surface area (Å²) in [4.78, 5) is 24.9. The highest BCUT2D eigenvalue weighted by Crippen LogP contribution is 2.39. The van der Waals surface area contributed by atoms with Crippen LogP contribution >= 0.6 is 0 Å². The summed E-state index contributed by atoms with van der Waals surface area (Å²) in [6, 6.07) is 30.4. The normalized spacial score (nSPS) is 18.1. The van der Waals surface area contributed by atoms with E-state index in [9.17, 15) is 24.9 Å². The number of phenols is 1. The number of carbonyl (C=O) groups is 2. The van der Waals surface area contributed by atoms with E-state index < -0.39 is 18.4 Å². The number of nitrogens with one attached hydrogen (secondary N) is 1. The van der Waals surface area contributed by atoms with Crippen molar-refractivity contribution >= 4 is 11.9 Å². The van der Waals surface area contributed by atoms with Crippen molar-refractivity contribution < 1.29 is 39.5 Å². The highest BCUT2D eigenvalue weighted by atomic mass is 16.7. The number of ether oxygens (including phenoxy) is 2. The van der Waals surface area contributed by atoms with E-state index in [1.807, 2.05) is 84.7 Å². The van der Waals surface area contributed by atoms with Crippen molar-refractivity contribution in [3.05, 3.63) is 125 Å². The van der Waals surface area contributed by atoms with Gasteiger partial charge in [-0.1, -0.05) is 78.9 Å². The van der Waals surface area contributed by atoms with Gasteiger partial charge in [0.05, 0.1) is 24.9 Å². The van der Waals surface area contributed by atoms with Crippen LogP contribution in [0.3, 0.4) is 0 Å². The minimum absolute atomic E-state index is 0.0352. The molecule has 1 saturated heterocycles. The first-order valence-corrected chi connectivity index (χ1v) is 17.0. The third kappa shape index (κ3) is 10.7. The fraction of sp³-hybridized carbons (Fsp3) is 0.350. The Hall–Kier alpha value is -4.58. The molecule has 0 aromatic heterocycles. The number of carboxylic acids is 1. The number of carboxylic acid groups (broad SMARTS) is 1. The summed E-state index contributed by atoms with van der Waals surface area (Å²) in [6.07, 6.45) is 0.120. The molecule has 0 bridgehead atoms. The van der Waals surface area contributed by atoms with Gasteiger partial charge >= 0.3 is 5.97 Å². The number of phenolic OH excluding ortho intramolecular Hbond substituents is 1. The molecular formula is C40H46N2O8. The zero-order valence-corrected chi connectivity index (χ0v) is 28.3. The van der Waals surface area contributed by atoms with E-state index in [0.717, 1.165) is 33.4 Å².